The van der Waals surface area contributed by atoms with Crippen molar-refractivity contribution in [2.45, 2.75) is 49.9 Å². The fourth-order valence-corrected chi connectivity index (χ4v) is 4.80. The number of β-lactam (4-membered cyclic amide) rings is 1. The van der Waals surface area contributed by atoms with E-state index in [0.717, 1.165) is 0 Å². The molecule has 2 saturated heterocycles. The fourth-order valence-electron chi connectivity index (χ4n) is 2.97. The summed E-state index contributed by atoms with van der Waals surface area (Å²) < 4.78 is 0.0633. The molecule has 2 rings (SSSR count). The molecule has 1 N–H and O–H groups in total. The first-order chi connectivity index (χ1) is 7.40. The van der Waals surface area contributed by atoms with Crippen LogP contribution >= 0.6 is 11.8 Å². The van der Waals surface area contributed by atoms with Gasteiger partial charge in [0.15, 0.2) is 0 Å². The van der Waals surface area contributed by atoms with E-state index in [4.69, 9.17) is 0 Å². The number of nitrogens with one attached hydrogen (secondary N) is 1. The molecule has 0 radical (unpaired) electrons. The minimum atomic E-state index is -0.314. The molecule has 16 heavy (non-hydrogen) atoms. The van der Waals surface area contributed by atoms with Crippen LogP contribution in [0.5, 0.6) is 0 Å². The Bertz CT molecular complexity index is 330. The van der Waals surface area contributed by atoms with E-state index in [0.29, 0.717) is 12.3 Å². The van der Waals surface area contributed by atoms with Gasteiger partial charge in [0, 0.05) is 10.8 Å². The Balaban J connectivity index is 2.21. The summed E-state index contributed by atoms with van der Waals surface area (Å²) in [6.45, 7) is 8.63. The average Bonchev–Trinajstić information content (AvgIpc) is 2.43. The second-order valence-corrected chi connectivity index (χ2v) is 7.08. The molecular formula is C11H18N2O2S. The SMILES string of the molecule is CC(C)C1N2C(=O)C(NC=O)C2SC1(C)C. The second kappa shape index (κ2) is 3.65. The van der Waals surface area contributed by atoms with Crippen LogP contribution in [0.1, 0.15) is 27.7 Å². The predicted molar refractivity (Wildman–Crippen MR) is 63.9 cm³/mol. The van der Waals surface area contributed by atoms with Crippen LogP contribution in [0.4, 0.5) is 0 Å². The first-order valence-electron chi connectivity index (χ1n) is 5.60. The van der Waals surface area contributed by atoms with Crippen molar-refractivity contribution in [1.29, 1.82) is 0 Å². The van der Waals surface area contributed by atoms with Crippen LogP contribution in [-0.4, -0.2) is 39.4 Å². The van der Waals surface area contributed by atoms with Crippen molar-refractivity contribution in [3.63, 3.8) is 0 Å². The summed E-state index contributed by atoms with van der Waals surface area (Å²) in [5.74, 6) is 0.502. The molecule has 2 heterocycles. The smallest absolute Gasteiger partial charge is 0.249 e. The van der Waals surface area contributed by atoms with Gasteiger partial charge in [-0.05, 0) is 19.8 Å². The summed E-state index contributed by atoms with van der Waals surface area (Å²) in [6, 6.07) is -0.0507. The Kier molecular flexibility index (Phi) is 2.69. The van der Waals surface area contributed by atoms with Gasteiger partial charge in [-0.25, -0.2) is 0 Å². The normalized spacial score (nSPS) is 35.9. The molecule has 2 aliphatic heterocycles. The number of rotatable bonds is 3. The lowest BCUT2D eigenvalue weighted by Gasteiger charge is -2.45. The molecule has 0 bridgehead atoms. The van der Waals surface area contributed by atoms with E-state index < -0.39 is 0 Å². The number of fused-ring (bicyclic) bond motifs is 1. The molecule has 4 nitrogen and oxygen atoms in total. The minimum absolute atomic E-state index is 0.0633. The maximum atomic E-state index is 11.9. The Hall–Kier alpha value is -0.710. The summed E-state index contributed by atoms with van der Waals surface area (Å²) in [5.41, 5.74) is 0. The lowest BCUT2D eigenvalue weighted by Crippen LogP contribution is -2.69. The van der Waals surface area contributed by atoms with Gasteiger partial charge in [-0.1, -0.05) is 13.8 Å². The summed E-state index contributed by atoms with van der Waals surface area (Å²) in [7, 11) is 0. The standard InChI is InChI=1S/C11H18N2O2S/c1-6(2)8-11(3,4)16-10-7(12-5-14)9(15)13(8)10/h5-8,10H,1-4H3,(H,12,14). The van der Waals surface area contributed by atoms with Crippen LogP contribution in [0.15, 0.2) is 0 Å². The highest BCUT2D eigenvalue weighted by Crippen LogP contribution is 2.52. The summed E-state index contributed by atoms with van der Waals surface area (Å²) in [6.07, 6.45) is 0.621. The molecule has 0 aromatic heterocycles. The van der Waals surface area contributed by atoms with Crippen LogP contribution in [-0.2, 0) is 9.59 Å². The maximum absolute atomic E-state index is 11.9. The monoisotopic (exact) mass is 242 g/mol. The molecule has 2 amide bonds. The van der Waals surface area contributed by atoms with E-state index in [-0.39, 0.29) is 28.1 Å². The van der Waals surface area contributed by atoms with Crippen LogP contribution < -0.4 is 5.32 Å². The van der Waals surface area contributed by atoms with Gasteiger partial charge in [-0.15, -0.1) is 11.8 Å². The predicted octanol–water partition coefficient (Wildman–Crippen LogP) is 0.819. The molecule has 0 aliphatic carbocycles. The number of carbonyl (C=O) groups excluding carboxylic acids is 2. The molecule has 0 saturated carbocycles. The quantitative estimate of drug-likeness (QED) is 0.589. The molecule has 0 aromatic carbocycles. The lowest BCUT2D eigenvalue weighted by molar-refractivity contribution is -0.151. The largest absolute Gasteiger partial charge is 0.344 e. The van der Waals surface area contributed by atoms with Crippen molar-refractivity contribution in [2.75, 3.05) is 0 Å². The van der Waals surface area contributed by atoms with E-state index in [1.165, 1.54) is 0 Å². The van der Waals surface area contributed by atoms with E-state index in [2.05, 4.69) is 33.0 Å². The third-order valence-corrected chi connectivity index (χ3v) is 4.99. The van der Waals surface area contributed by atoms with E-state index >= 15 is 0 Å². The lowest BCUT2D eigenvalue weighted by atomic mass is 9.88. The van der Waals surface area contributed by atoms with Gasteiger partial charge in [0.2, 0.25) is 12.3 Å². The van der Waals surface area contributed by atoms with Gasteiger partial charge < -0.3 is 10.2 Å². The third-order valence-electron chi connectivity index (χ3n) is 3.40. The van der Waals surface area contributed by atoms with Crippen molar-refractivity contribution in [2.24, 2.45) is 5.92 Å². The first kappa shape index (κ1) is 11.8. The minimum Gasteiger partial charge on any atom is -0.344 e. The van der Waals surface area contributed by atoms with Gasteiger partial charge in [0.05, 0.1) is 0 Å². The van der Waals surface area contributed by atoms with E-state index in [1.807, 2.05) is 4.90 Å². The number of hydrogen-bond acceptors (Lipinski definition) is 3. The van der Waals surface area contributed by atoms with Gasteiger partial charge >= 0.3 is 0 Å². The fraction of sp³-hybridized carbons (Fsp3) is 0.818. The zero-order chi connectivity index (χ0) is 12.1. The average molecular weight is 242 g/mol. The van der Waals surface area contributed by atoms with Crippen LogP contribution in [0.2, 0.25) is 0 Å². The highest BCUT2D eigenvalue weighted by atomic mass is 32.2. The van der Waals surface area contributed by atoms with Gasteiger partial charge in [-0.3, -0.25) is 9.59 Å². The van der Waals surface area contributed by atoms with E-state index in [1.54, 1.807) is 11.8 Å². The molecule has 0 spiro atoms. The molecule has 2 aliphatic rings. The molecule has 0 aromatic rings. The highest BCUT2D eigenvalue weighted by Gasteiger charge is 2.61. The van der Waals surface area contributed by atoms with Crippen LogP contribution in [0, 0.1) is 5.92 Å². The zero-order valence-corrected chi connectivity index (χ0v) is 10.9. The van der Waals surface area contributed by atoms with E-state index in [9.17, 15) is 9.59 Å². The number of carbonyl (C=O) groups is 2. The van der Waals surface area contributed by atoms with Gasteiger partial charge in [0.25, 0.3) is 0 Å². The molecule has 3 unspecified atom stereocenters. The van der Waals surface area contributed by atoms with Crippen molar-refractivity contribution in [3.05, 3.63) is 0 Å². The topological polar surface area (TPSA) is 49.4 Å². The van der Waals surface area contributed by atoms with Crippen molar-refractivity contribution in [3.8, 4) is 0 Å². The maximum Gasteiger partial charge on any atom is 0.249 e. The molecular weight excluding hydrogens is 224 g/mol. The summed E-state index contributed by atoms with van der Waals surface area (Å²) in [4.78, 5) is 24.3. The first-order valence-corrected chi connectivity index (χ1v) is 6.48. The number of hydrogen-bond donors (Lipinski definition) is 1. The van der Waals surface area contributed by atoms with Gasteiger partial charge in [0.1, 0.15) is 11.4 Å². The van der Waals surface area contributed by atoms with Crippen molar-refractivity contribution < 1.29 is 9.59 Å². The van der Waals surface area contributed by atoms with Gasteiger partial charge in [-0.2, -0.15) is 0 Å². The van der Waals surface area contributed by atoms with Crippen LogP contribution in [0.25, 0.3) is 0 Å². The Morgan fingerprint density at radius 3 is 2.62 bits per heavy atom. The Labute approximate surface area is 100 Å². The number of thioether (sulfide) groups is 1. The zero-order valence-electron chi connectivity index (χ0n) is 10.1. The molecule has 90 valence electrons. The third kappa shape index (κ3) is 1.44. The number of nitrogens with zero attached hydrogens (tertiary/aromatic N) is 1. The number of amides is 2. The molecule has 2 fully saturated rings. The van der Waals surface area contributed by atoms with Crippen molar-refractivity contribution in [1.82, 2.24) is 10.2 Å². The Morgan fingerprint density at radius 2 is 2.12 bits per heavy atom. The summed E-state index contributed by atoms with van der Waals surface area (Å²) >= 11 is 1.79. The van der Waals surface area contributed by atoms with Crippen LogP contribution in [0.3, 0.4) is 0 Å². The Morgan fingerprint density at radius 1 is 1.50 bits per heavy atom. The molecule has 5 heteroatoms. The summed E-state index contributed by atoms with van der Waals surface area (Å²) in [5, 5.41) is 2.73. The molecule has 3 atom stereocenters. The van der Waals surface area contributed by atoms with Crippen molar-refractivity contribution >= 4 is 24.1 Å². The second-order valence-electron chi connectivity index (χ2n) is 5.31. The highest BCUT2D eigenvalue weighted by molar-refractivity contribution is 8.01.